The van der Waals surface area contributed by atoms with Crippen LogP contribution in [0.1, 0.15) is 18.6 Å². The largest absolute Gasteiger partial charge is 0.387 e. The Hall–Kier alpha value is -1.18. The molecule has 0 aliphatic carbocycles. The Labute approximate surface area is 130 Å². The number of benzene rings is 1. The van der Waals surface area contributed by atoms with Crippen LogP contribution in [-0.4, -0.2) is 39.9 Å². The third kappa shape index (κ3) is 5.99. The van der Waals surface area contributed by atoms with E-state index in [0.717, 1.165) is 6.07 Å². The van der Waals surface area contributed by atoms with Crippen LogP contribution < -0.4 is 10.6 Å². The van der Waals surface area contributed by atoms with Crippen LogP contribution in [0.2, 0.25) is 5.02 Å². The number of aliphatic hydroxyl groups is 1. The van der Waals surface area contributed by atoms with Crippen molar-refractivity contribution in [2.45, 2.75) is 18.3 Å². The summed E-state index contributed by atoms with van der Waals surface area (Å²) in [5.74, 6) is -0.628. The van der Waals surface area contributed by atoms with Gasteiger partial charge in [0, 0.05) is 35.4 Å². The summed E-state index contributed by atoms with van der Waals surface area (Å²) in [5.41, 5.74) is 0.320. The molecule has 0 saturated heterocycles. The van der Waals surface area contributed by atoms with Crippen LogP contribution in [0.3, 0.4) is 0 Å². The maximum atomic E-state index is 13.3. The lowest BCUT2D eigenvalue weighted by atomic mass is 10.1. The molecule has 21 heavy (non-hydrogen) atoms. The summed E-state index contributed by atoms with van der Waals surface area (Å²) in [6, 6.07) is 3.46. The lowest BCUT2D eigenvalue weighted by Crippen LogP contribution is -2.41. The molecule has 0 bridgehead atoms. The Balaban J connectivity index is 2.41. The number of nitrogens with one attached hydrogen (secondary N) is 2. The maximum absolute atomic E-state index is 13.3. The molecule has 2 amide bonds. The van der Waals surface area contributed by atoms with Gasteiger partial charge in [-0.15, -0.1) is 0 Å². The summed E-state index contributed by atoms with van der Waals surface area (Å²) in [6.45, 7) is 1.94. The molecule has 0 aliphatic heterocycles. The second-order valence-corrected chi connectivity index (χ2v) is 6.80. The normalized spacial score (nSPS) is 15.1. The zero-order chi connectivity index (χ0) is 16.0. The fourth-order valence-corrected chi connectivity index (χ4v) is 1.88. The number of hydrogen-bond acceptors (Lipinski definition) is 3. The van der Waals surface area contributed by atoms with Crippen LogP contribution in [0.4, 0.5) is 9.18 Å². The molecule has 0 saturated carbocycles. The highest BCUT2D eigenvalue weighted by atomic mass is 35.5. The van der Waals surface area contributed by atoms with Gasteiger partial charge in [0.1, 0.15) is 5.82 Å². The van der Waals surface area contributed by atoms with Crippen molar-refractivity contribution in [3.63, 3.8) is 0 Å². The molecule has 0 fully saturated rings. The minimum atomic E-state index is -1.04. The van der Waals surface area contributed by atoms with E-state index in [1.807, 2.05) is 0 Å². The first-order chi connectivity index (χ1) is 9.81. The fraction of sp³-hybridized carbons (Fsp3) is 0.462. The molecule has 0 heterocycles. The third-order valence-corrected chi connectivity index (χ3v) is 4.51. The number of halogens is 2. The predicted molar refractivity (Wildman–Crippen MR) is 81.3 cm³/mol. The van der Waals surface area contributed by atoms with Crippen LogP contribution in [0, 0.1) is 5.82 Å². The van der Waals surface area contributed by atoms with E-state index >= 15 is 0 Å². The van der Waals surface area contributed by atoms with E-state index in [0.29, 0.717) is 5.56 Å². The summed E-state index contributed by atoms with van der Waals surface area (Å²) in [4.78, 5) is 11.5. The summed E-state index contributed by atoms with van der Waals surface area (Å²) in [6.07, 6.45) is 0.517. The van der Waals surface area contributed by atoms with Crippen molar-refractivity contribution < 1.29 is 18.5 Å². The standard InChI is InChI=1S/C13H18ClFN2O3S/c1-8(21(2)20)6-16-13(19)17-7-12(18)9-3-4-10(14)11(15)5-9/h3-5,8,12,18H,6-7H2,1-2H3,(H2,16,17,19)/t8-,12+,21+/m1/s1. The van der Waals surface area contributed by atoms with Crippen molar-refractivity contribution >= 4 is 28.4 Å². The topological polar surface area (TPSA) is 78.4 Å². The van der Waals surface area contributed by atoms with Gasteiger partial charge in [0.05, 0.1) is 11.1 Å². The second-order valence-electron chi connectivity index (χ2n) is 4.59. The summed E-state index contributed by atoms with van der Waals surface area (Å²) >= 11 is 5.55. The fourth-order valence-electron chi connectivity index (χ4n) is 1.44. The molecule has 0 aliphatic rings. The molecule has 1 rings (SSSR count). The van der Waals surface area contributed by atoms with Gasteiger partial charge in [0.25, 0.3) is 0 Å². The number of aliphatic hydroxyl groups excluding tert-OH is 1. The Morgan fingerprint density at radius 3 is 2.62 bits per heavy atom. The molecule has 0 radical (unpaired) electrons. The lowest BCUT2D eigenvalue weighted by Gasteiger charge is -2.14. The average molecular weight is 337 g/mol. The van der Waals surface area contributed by atoms with E-state index in [1.54, 1.807) is 13.2 Å². The van der Waals surface area contributed by atoms with Crippen LogP contribution >= 0.6 is 11.6 Å². The predicted octanol–water partition coefficient (Wildman–Crippen LogP) is 1.58. The number of hydrogen-bond donors (Lipinski definition) is 3. The number of carbonyl (C=O) groups excluding carboxylic acids is 1. The van der Waals surface area contributed by atoms with Gasteiger partial charge in [-0.05, 0) is 24.6 Å². The molecular formula is C13H18ClFN2O3S. The summed E-state index contributed by atoms with van der Waals surface area (Å²) in [7, 11) is -1.02. The molecule has 3 N–H and O–H groups in total. The summed E-state index contributed by atoms with van der Waals surface area (Å²) < 4.78 is 24.4. The van der Waals surface area contributed by atoms with Gasteiger partial charge in [-0.25, -0.2) is 9.18 Å². The maximum Gasteiger partial charge on any atom is 0.314 e. The van der Waals surface area contributed by atoms with Gasteiger partial charge >= 0.3 is 6.03 Å². The molecule has 118 valence electrons. The Morgan fingerprint density at radius 2 is 2.05 bits per heavy atom. The number of rotatable bonds is 6. The molecule has 0 aromatic heterocycles. The molecule has 3 atom stereocenters. The first-order valence-corrected chi connectivity index (χ1v) is 8.28. The monoisotopic (exact) mass is 336 g/mol. The quantitative estimate of drug-likeness (QED) is 0.738. The van der Waals surface area contributed by atoms with E-state index in [4.69, 9.17) is 11.6 Å². The highest BCUT2D eigenvalue weighted by Gasteiger charge is 2.12. The van der Waals surface area contributed by atoms with Crippen LogP contribution in [0.5, 0.6) is 0 Å². The van der Waals surface area contributed by atoms with Crippen LogP contribution in [0.15, 0.2) is 18.2 Å². The van der Waals surface area contributed by atoms with E-state index in [1.165, 1.54) is 12.1 Å². The first kappa shape index (κ1) is 17.9. The van der Waals surface area contributed by atoms with Crippen molar-refractivity contribution in [3.05, 3.63) is 34.6 Å². The van der Waals surface area contributed by atoms with Crippen molar-refractivity contribution in [1.82, 2.24) is 10.6 Å². The molecular weight excluding hydrogens is 319 g/mol. The van der Waals surface area contributed by atoms with Crippen molar-refractivity contribution in [3.8, 4) is 0 Å². The van der Waals surface area contributed by atoms with Gasteiger partial charge in [-0.3, -0.25) is 4.21 Å². The molecule has 1 aromatic rings. The van der Waals surface area contributed by atoms with Crippen molar-refractivity contribution in [2.24, 2.45) is 0 Å². The van der Waals surface area contributed by atoms with E-state index in [2.05, 4.69) is 10.6 Å². The molecule has 0 unspecified atom stereocenters. The van der Waals surface area contributed by atoms with Gasteiger partial charge in [-0.1, -0.05) is 17.7 Å². The Bertz CT molecular complexity index is 530. The van der Waals surface area contributed by atoms with E-state index < -0.39 is 28.8 Å². The van der Waals surface area contributed by atoms with Crippen LogP contribution in [0.25, 0.3) is 0 Å². The smallest absolute Gasteiger partial charge is 0.314 e. The minimum absolute atomic E-state index is 0.0294. The number of carbonyl (C=O) groups is 1. The first-order valence-electron chi connectivity index (χ1n) is 6.28. The second kappa shape index (κ2) is 8.31. The zero-order valence-electron chi connectivity index (χ0n) is 11.7. The van der Waals surface area contributed by atoms with Gasteiger partial charge in [-0.2, -0.15) is 0 Å². The van der Waals surface area contributed by atoms with Crippen LogP contribution in [-0.2, 0) is 10.8 Å². The SMILES string of the molecule is C[C@H](CNC(=O)NC[C@H](O)c1ccc(Cl)c(F)c1)[S@](C)=O. The van der Waals surface area contributed by atoms with Gasteiger partial charge in [0.2, 0.25) is 0 Å². The number of urea groups is 1. The highest BCUT2D eigenvalue weighted by Crippen LogP contribution is 2.19. The van der Waals surface area contributed by atoms with E-state index in [-0.39, 0.29) is 23.4 Å². The lowest BCUT2D eigenvalue weighted by molar-refractivity contribution is 0.173. The zero-order valence-corrected chi connectivity index (χ0v) is 13.3. The third-order valence-electron chi connectivity index (χ3n) is 2.90. The molecule has 1 aromatic carbocycles. The average Bonchev–Trinajstić information content (AvgIpc) is 2.44. The van der Waals surface area contributed by atoms with Gasteiger partial charge < -0.3 is 15.7 Å². The highest BCUT2D eigenvalue weighted by molar-refractivity contribution is 7.84. The molecule has 5 nitrogen and oxygen atoms in total. The molecule has 8 heteroatoms. The van der Waals surface area contributed by atoms with Gasteiger partial charge in [0.15, 0.2) is 0 Å². The Kier molecular flexibility index (Phi) is 7.07. The van der Waals surface area contributed by atoms with E-state index in [9.17, 15) is 18.5 Å². The van der Waals surface area contributed by atoms with Crippen molar-refractivity contribution in [1.29, 1.82) is 0 Å². The number of amides is 2. The molecule has 0 spiro atoms. The van der Waals surface area contributed by atoms with Crippen molar-refractivity contribution in [2.75, 3.05) is 19.3 Å². The minimum Gasteiger partial charge on any atom is -0.387 e. The Morgan fingerprint density at radius 1 is 1.43 bits per heavy atom. The summed E-state index contributed by atoms with van der Waals surface area (Å²) in [5, 5.41) is 14.7.